The van der Waals surface area contributed by atoms with E-state index >= 15 is 0 Å². The van der Waals surface area contributed by atoms with E-state index in [-0.39, 0.29) is 5.75 Å². The zero-order chi connectivity index (χ0) is 9.97. The summed E-state index contributed by atoms with van der Waals surface area (Å²) in [6.45, 7) is 0. The van der Waals surface area contributed by atoms with E-state index in [2.05, 4.69) is 4.98 Å². The Bertz CT molecular complexity index is 464. The first-order valence-electron chi connectivity index (χ1n) is 4.18. The van der Waals surface area contributed by atoms with Crippen LogP contribution < -0.4 is 0 Å². The van der Waals surface area contributed by atoms with E-state index in [4.69, 9.17) is 5.11 Å². The first-order chi connectivity index (χ1) is 6.77. The Morgan fingerprint density at radius 2 is 2.29 bits per heavy atom. The van der Waals surface area contributed by atoms with Crippen molar-refractivity contribution in [2.24, 2.45) is 0 Å². The van der Waals surface area contributed by atoms with Crippen LogP contribution in [0.5, 0.6) is 0 Å². The number of thioether (sulfide) groups is 1. The third-order valence-corrected chi connectivity index (χ3v) is 2.96. The molecule has 2 rings (SSSR count). The number of hydrogen-bond acceptors (Lipinski definition) is 2. The van der Waals surface area contributed by atoms with E-state index in [1.165, 1.54) is 11.8 Å². The smallest absolute Gasteiger partial charge is 0.313 e. The van der Waals surface area contributed by atoms with Gasteiger partial charge in [0.25, 0.3) is 0 Å². The molecule has 0 amide bonds. The minimum absolute atomic E-state index is 0.101. The fourth-order valence-corrected chi connectivity index (χ4v) is 2.11. The summed E-state index contributed by atoms with van der Waals surface area (Å²) in [6.07, 6.45) is 1.86. The van der Waals surface area contributed by atoms with Gasteiger partial charge in [-0.1, -0.05) is 6.07 Å². The number of benzene rings is 1. The van der Waals surface area contributed by atoms with Crippen LogP contribution in [0.3, 0.4) is 0 Å². The SMILES string of the molecule is O=C(O)CSc1cccc2[nH]ccc12. The molecule has 1 aromatic heterocycles. The average molecular weight is 207 g/mol. The Morgan fingerprint density at radius 1 is 1.43 bits per heavy atom. The molecule has 2 N–H and O–H groups in total. The number of carboxylic acid groups (broad SMARTS) is 1. The number of rotatable bonds is 3. The van der Waals surface area contributed by atoms with Crippen LogP contribution in [-0.2, 0) is 4.79 Å². The lowest BCUT2D eigenvalue weighted by molar-refractivity contribution is -0.133. The van der Waals surface area contributed by atoms with Crippen LogP contribution in [-0.4, -0.2) is 21.8 Å². The van der Waals surface area contributed by atoms with E-state index in [1.807, 2.05) is 30.5 Å². The van der Waals surface area contributed by atoms with Gasteiger partial charge >= 0.3 is 5.97 Å². The van der Waals surface area contributed by atoms with Crippen LogP contribution in [0.15, 0.2) is 35.4 Å². The summed E-state index contributed by atoms with van der Waals surface area (Å²) >= 11 is 1.34. The highest BCUT2D eigenvalue weighted by Crippen LogP contribution is 2.26. The molecule has 72 valence electrons. The number of aliphatic carboxylic acids is 1. The minimum Gasteiger partial charge on any atom is -0.481 e. The van der Waals surface area contributed by atoms with Crippen LogP contribution >= 0.6 is 11.8 Å². The normalized spacial score (nSPS) is 10.6. The molecule has 0 aliphatic heterocycles. The second-order valence-electron chi connectivity index (χ2n) is 2.88. The van der Waals surface area contributed by atoms with Gasteiger partial charge < -0.3 is 10.1 Å². The third kappa shape index (κ3) is 1.75. The van der Waals surface area contributed by atoms with Gasteiger partial charge in [0.1, 0.15) is 0 Å². The van der Waals surface area contributed by atoms with Crippen molar-refractivity contribution in [2.75, 3.05) is 5.75 Å². The van der Waals surface area contributed by atoms with Crippen molar-refractivity contribution < 1.29 is 9.90 Å². The molecule has 3 nitrogen and oxygen atoms in total. The molecule has 0 atom stereocenters. The molecule has 0 aliphatic rings. The third-order valence-electron chi connectivity index (χ3n) is 1.91. The van der Waals surface area contributed by atoms with Crippen molar-refractivity contribution in [3.8, 4) is 0 Å². The number of fused-ring (bicyclic) bond motifs is 1. The van der Waals surface area contributed by atoms with Gasteiger partial charge in [-0.25, -0.2) is 0 Å². The van der Waals surface area contributed by atoms with Crippen LogP contribution in [0.4, 0.5) is 0 Å². The minimum atomic E-state index is -0.789. The molecule has 14 heavy (non-hydrogen) atoms. The van der Waals surface area contributed by atoms with E-state index in [0.29, 0.717) is 0 Å². The summed E-state index contributed by atoms with van der Waals surface area (Å²) in [4.78, 5) is 14.5. The Balaban J connectivity index is 2.32. The number of hydrogen-bond donors (Lipinski definition) is 2. The van der Waals surface area contributed by atoms with Gasteiger partial charge in [-0.3, -0.25) is 4.79 Å². The second kappa shape index (κ2) is 3.75. The maximum absolute atomic E-state index is 10.4. The van der Waals surface area contributed by atoms with Gasteiger partial charge in [0, 0.05) is 22.0 Å². The fourth-order valence-electron chi connectivity index (χ4n) is 1.32. The molecule has 0 radical (unpaired) electrons. The molecular weight excluding hydrogens is 198 g/mol. The Morgan fingerprint density at radius 3 is 3.07 bits per heavy atom. The second-order valence-corrected chi connectivity index (χ2v) is 3.89. The molecule has 0 unspecified atom stereocenters. The molecule has 4 heteroatoms. The van der Waals surface area contributed by atoms with Crippen molar-refractivity contribution in [1.82, 2.24) is 4.98 Å². The van der Waals surface area contributed by atoms with E-state index in [0.717, 1.165) is 15.8 Å². The molecule has 0 spiro atoms. The van der Waals surface area contributed by atoms with Crippen molar-refractivity contribution in [3.63, 3.8) is 0 Å². The number of H-pyrrole nitrogens is 1. The topological polar surface area (TPSA) is 53.1 Å². The maximum Gasteiger partial charge on any atom is 0.313 e. The zero-order valence-electron chi connectivity index (χ0n) is 7.36. The molecule has 1 aromatic carbocycles. The van der Waals surface area contributed by atoms with E-state index < -0.39 is 5.97 Å². The lowest BCUT2D eigenvalue weighted by Crippen LogP contribution is -1.97. The monoisotopic (exact) mass is 207 g/mol. The summed E-state index contributed by atoms with van der Waals surface area (Å²) in [5.41, 5.74) is 1.04. The highest BCUT2D eigenvalue weighted by Gasteiger charge is 2.04. The molecule has 0 fully saturated rings. The predicted octanol–water partition coefficient (Wildman–Crippen LogP) is 2.34. The molecule has 1 heterocycles. The van der Waals surface area contributed by atoms with Crippen LogP contribution in [0.25, 0.3) is 10.9 Å². The molecule has 0 saturated carbocycles. The fraction of sp³-hybridized carbons (Fsp3) is 0.100. The first-order valence-corrected chi connectivity index (χ1v) is 5.16. The van der Waals surface area contributed by atoms with Crippen LogP contribution in [0.1, 0.15) is 0 Å². The van der Waals surface area contributed by atoms with E-state index in [1.54, 1.807) is 0 Å². The van der Waals surface area contributed by atoms with Crippen molar-refractivity contribution >= 4 is 28.6 Å². The van der Waals surface area contributed by atoms with Gasteiger partial charge in [-0.2, -0.15) is 0 Å². The number of nitrogens with one attached hydrogen (secondary N) is 1. The first kappa shape index (κ1) is 9.15. The number of aromatic amines is 1. The number of carboxylic acids is 1. The lowest BCUT2D eigenvalue weighted by atomic mass is 10.2. The molecule has 0 saturated heterocycles. The molecule has 2 aromatic rings. The average Bonchev–Trinajstić information content (AvgIpc) is 2.62. The lowest BCUT2D eigenvalue weighted by Gasteiger charge is -1.99. The highest BCUT2D eigenvalue weighted by molar-refractivity contribution is 8.00. The quantitative estimate of drug-likeness (QED) is 0.759. The Kier molecular flexibility index (Phi) is 2.45. The van der Waals surface area contributed by atoms with Gasteiger partial charge in [0.15, 0.2) is 0 Å². The molecular formula is C10H9NO2S. The predicted molar refractivity (Wildman–Crippen MR) is 56.7 cm³/mol. The Hall–Kier alpha value is -1.42. The van der Waals surface area contributed by atoms with Crippen LogP contribution in [0, 0.1) is 0 Å². The molecule has 0 bridgehead atoms. The summed E-state index contributed by atoms with van der Waals surface area (Å²) < 4.78 is 0. The number of carbonyl (C=O) groups is 1. The summed E-state index contributed by atoms with van der Waals surface area (Å²) in [5.74, 6) is -0.688. The van der Waals surface area contributed by atoms with Gasteiger partial charge in [0.2, 0.25) is 0 Å². The van der Waals surface area contributed by atoms with Gasteiger partial charge in [-0.05, 0) is 18.2 Å². The van der Waals surface area contributed by atoms with Crippen molar-refractivity contribution in [3.05, 3.63) is 30.5 Å². The Labute approximate surface area is 85.1 Å². The van der Waals surface area contributed by atoms with E-state index in [9.17, 15) is 4.79 Å². The summed E-state index contributed by atoms with van der Waals surface area (Å²) in [7, 11) is 0. The maximum atomic E-state index is 10.4. The summed E-state index contributed by atoms with van der Waals surface area (Å²) in [5, 5.41) is 9.65. The van der Waals surface area contributed by atoms with Gasteiger partial charge in [0.05, 0.1) is 5.75 Å². The summed E-state index contributed by atoms with van der Waals surface area (Å²) in [6, 6.07) is 7.78. The molecule has 0 aliphatic carbocycles. The van der Waals surface area contributed by atoms with Crippen LogP contribution in [0.2, 0.25) is 0 Å². The largest absolute Gasteiger partial charge is 0.481 e. The highest BCUT2D eigenvalue weighted by atomic mass is 32.2. The number of aromatic nitrogens is 1. The zero-order valence-corrected chi connectivity index (χ0v) is 8.17. The standard InChI is InChI=1S/C10H9NO2S/c12-10(13)6-14-9-3-1-2-8-7(9)4-5-11-8/h1-5,11H,6H2,(H,12,13). The van der Waals surface area contributed by atoms with Crippen molar-refractivity contribution in [2.45, 2.75) is 4.90 Å². The van der Waals surface area contributed by atoms with Crippen molar-refractivity contribution in [1.29, 1.82) is 0 Å². The van der Waals surface area contributed by atoms with Gasteiger partial charge in [-0.15, -0.1) is 11.8 Å².